The summed E-state index contributed by atoms with van der Waals surface area (Å²) in [6.45, 7) is 0.547. The van der Waals surface area contributed by atoms with Gasteiger partial charge in [0, 0.05) is 17.4 Å². The van der Waals surface area contributed by atoms with E-state index in [0.717, 1.165) is 10.0 Å². The lowest BCUT2D eigenvalue weighted by Crippen LogP contribution is -2.25. The Balaban J connectivity index is 2.38. The molecule has 15 heavy (non-hydrogen) atoms. The molecule has 0 aliphatic rings. The number of halogens is 1. The fraction of sp³-hybridized carbons (Fsp3) is 0.250. The van der Waals surface area contributed by atoms with Crippen LogP contribution in [0.3, 0.4) is 0 Å². The highest BCUT2D eigenvalue weighted by molar-refractivity contribution is 9.10. The molecule has 0 heterocycles. The number of hydrogen-bond acceptors (Lipinski definition) is 1. The summed E-state index contributed by atoms with van der Waals surface area (Å²) in [5, 5.41) is 2.75. The van der Waals surface area contributed by atoms with Crippen LogP contribution in [0.15, 0.2) is 28.7 Å². The molecule has 0 fully saturated rings. The monoisotopic (exact) mass is 265 g/mol. The molecule has 1 N–H and O–H groups in total. The summed E-state index contributed by atoms with van der Waals surface area (Å²) in [6.07, 6.45) is 6.05. The van der Waals surface area contributed by atoms with Gasteiger partial charge in [-0.3, -0.25) is 4.79 Å². The van der Waals surface area contributed by atoms with E-state index in [2.05, 4.69) is 27.2 Å². The van der Waals surface area contributed by atoms with E-state index in [-0.39, 0.29) is 5.91 Å². The minimum absolute atomic E-state index is 0.00701. The molecule has 2 nitrogen and oxygen atoms in total. The SMILES string of the molecule is C#CCCNC(=O)Cc1ccc(Br)cc1. The number of hydrogen-bond donors (Lipinski definition) is 1. The van der Waals surface area contributed by atoms with Gasteiger partial charge in [0.2, 0.25) is 5.91 Å². The second-order valence-electron chi connectivity index (χ2n) is 3.11. The zero-order valence-corrected chi connectivity index (χ0v) is 9.88. The van der Waals surface area contributed by atoms with Crippen molar-refractivity contribution in [1.29, 1.82) is 0 Å². The van der Waals surface area contributed by atoms with Crippen LogP contribution in [0.1, 0.15) is 12.0 Å². The normalized spacial score (nSPS) is 9.33. The van der Waals surface area contributed by atoms with Crippen LogP contribution < -0.4 is 5.32 Å². The number of benzene rings is 1. The Morgan fingerprint density at radius 1 is 1.40 bits per heavy atom. The predicted molar refractivity (Wildman–Crippen MR) is 64.3 cm³/mol. The number of terminal acetylenes is 1. The zero-order valence-electron chi connectivity index (χ0n) is 8.29. The largest absolute Gasteiger partial charge is 0.355 e. The predicted octanol–water partition coefficient (Wildman–Crippen LogP) is 2.13. The first-order valence-electron chi connectivity index (χ1n) is 4.67. The molecule has 0 aliphatic carbocycles. The quantitative estimate of drug-likeness (QED) is 0.656. The molecule has 1 aromatic rings. The third kappa shape index (κ3) is 4.66. The number of amides is 1. The molecule has 1 aromatic carbocycles. The second-order valence-corrected chi connectivity index (χ2v) is 4.02. The van der Waals surface area contributed by atoms with Crippen LogP contribution in [0.5, 0.6) is 0 Å². The molecule has 0 saturated carbocycles. The summed E-state index contributed by atoms with van der Waals surface area (Å²) >= 11 is 3.34. The van der Waals surface area contributed by atoms with E-state index in [1.54, 1.807) is 0 Å². The molecule has 78 valence electrons. The molecule has 0 aromatic heterocycles. The Labute approximate surface area is 98.2 Å². The van der Waals surface area contributed by atoms with Crippen molar-refractivity contribution in [2.75, 3.05) is 6.54 Å². The van der Waals surface area contributed by atoms with E-state index < -0.39 is 0 Å². The van der Waals surface area contributed by atoms with Gasteiger partial charge in [-0.15, -0.1) is 12.3 Å². The first-order chi connectivity index (χ1) is 7.22. The lowest BCUT2D eigenvalue weighted by molar-refractivity contribution is -0.120. The van der Waals surface area contributed by atoms with Gasteiger partial charge in [0.25, 0.3) is 0 Å². The van der Waals surface area contributed by atoms with Gasteiger partial charge in [-0.05, 0) is 17.7 Å². The topological polar surface area (TPSA) is 29.1 Å². The molecule has 3 heteroatoms. The van der Waals surface area contributed by atoms with E-state index in [4.69, 9.17) is 6.42 Å². The Morgan fingerprint density at radius 3 is 2.67 bits per heavy atom. The highest BCUT2D eigenvalue weighted by Gasteiger charge is 2.01. The minimum atomic E-state index is 0.00701. The summed E-state index contributed by atoms with van der Waals surface area (Å²) in [5.41, 5.74) is 0.997. The van der Waals surface area contributed by atoms with Crippen molar-refractivity contribution in [3.63, 3.8) is 0 Å². The fourth-order valence-corrected chi connectivity index (χ4v) is 1.39. The van der Waals surface area contributed by atoms with Crippen molar-refractivity contribution in [3.05, 3.63) is 34.3 Å². The van der Waals surface area contributed by atoms with Crippen molar-refractivity contribution in [1.82, 2.24) is 5.32 Å². The molecule has 0 radical (unpaired) electrons. The van der Waals surface area contributed by atoms with Crippen LogP contribution in [-0.4, -0.2) is 12.5 Å². The Hall–Kier alpha value is -1.27. The molecule has 0 aliphatic heterocycles. The van der Waals surface area contributed by atoms with Crippen LogP contribution >= 0.6 is 15.9 Å². The van der Waals surface area contributed by atoms with E-state index in [0.29, 0.717) is 19.4 Å². The highest BCUT2D eigenvalue weighted by Crippen LogP contribution is 2.10. The van der Waals surface area contributed by atoms with Crippen molar-refractivity contribution in [2.45, 2.75) is 12.8 Å². The standard InChI is InChI=1S/C12H12BrNO/c1-2-3-8-14-12(15)9-10-4-6-11(13)7-5-10/h1,4-7H,3,8-9H2,(H,14,15). The molecule has 0 bridgehead atoms. The molecule has 0 spiro atoms. The second kappa shape index (κ2) is 6.26. The van der Waals surface area contributed by atoms with Gasteiger partial charge in [0.05, 0.1) is 6.42 Å². The lowest BCUT2D eigenvalue weighted by Gasteiger charge is -2.03. The summed E-state index contributed by atoms with van der Waals surface area (Å²) in [7, 11) is 0. The molecular formula is C12H12BrNO. The van der Waals surface area contributed by atoms with E-state index in [9.17, 15) is 4.79 Å². The van der Waals surface area contributed by atoms with Crippen molar-refractivity contribution in [3.8, 4) is 12.3 Å². The zero-order chi connectivity index (χ0) is 11.1. The van der Waals surface area contributed by atoms with Gasteiger partial charge in [0.1, 0.15) is 0 Å². The molecule has 0 unspecified atom stereocenters. The van der Waals surface area contributed by atoms with E-state index in [1.165, 1.54) is 0 Å². The van der Waals surface area contributed by atoms with Crippen molar-refractivity contribution < 1.29 is 4.79 Å². The first-order valence-corrected chi connectivity index (χ1v) is 5.46. The number of nitrogens with one attached hydrogen (secondary N) is 1. The highest BCUT2D eigenvalue weighted by atomic mass is 79.9. The maximum Gasteiger partial charge on any atom is 0.224 e. The lowest BCUT2D eigenvalue weighted by atomic mass is 10.1. The van der Waals surface area contributed by atoms with Gasteiger partial charge in [-0.2, -0.15) is 0 Å². The first kappa shape index (κ1) is 11.8. The summed E-state index contributed by atoms with van der Waals surface area (Å²) in [6, 6.07) is 7.68. The average molecular weight is 266 g/mol. The maximum absolute atomic E-state index is 11.4. The number of carbonyl (C=O) groups is 1. The number of carbonyl (C=O) groups excluding carboxylic acids is 1. The Bertz CT molecular complexity index is 364. The minimum Gasteiger partial charge on any atom is -0.355 e. The van der Waals surface area contributed by atoms with Crippen LogP contribution in [0, 0.1) is 12.3 Å². The summed E-state index contributed by atoms with van der Waals surface area (Å²) < 4.78 is 1.01. The third-order valence-corrected chi connectivity index (χ3v) is 2.40. The van der Waals surface area contributed by atoms with Gasteiger partial charge < -0.3 is 5.32 Å². The summed E-state index contributed by atoms with van der Waals surface area (Å²) in [4.78, 5) is 11.4. The molecule has 1 rings (SSSR count). The van der Waals surface area contributed by atoms with Gasteiger partial charge >= 0.3 is 0 Å². The number of rotatable bonds is 4. The van der Waals surface area contributed by atoms with Gasteiger partial charge in [0.15, 0.2) is 0 Å². The van der Waals surface area contributed by atoms with Crippen molar-refractivity contribution >= 4 is 21.8 Å². The molecule has 0 saturated heterocycles. The molecule has 1 amide bonds. The maximum atomic E-state index is 11.4. The van der Waals surface area contributed by atoms with Crippen LogP contribution in [-0.2, 0) is 11.2 Å². The summed E-state index contributed by atoms with van der Waals surface area (Å²) in [5.74, 6) is 2.48. The van der Waals surface area contributed by atoms with Crippen LogP contribution in [0.2, 0.25) is 0 Å². The van der Waals surface area contributed by atoms with Gasteiger partial charge in [-0.1, -0.05) is 28.1 Å². The van der Waals surface area contributed by atoms with Crippen LogP contribution in [0.4, 0.5) is 0 Å². The van der Waals surface area contributed by atoms with Gasteiger partial charge in [-0.25, -0.2) is 0 Å². The smallest absolute Gasteiger partial charge is 0.224 e. The fourth-order valence-electron chi connectivity index (χ4n) is 1.12. The Kier molecular flexibility index (Phi) is 4.92. The molecular weight excluding hydrogens is 254 g/mol. The van der Waals surface area contributed by atoms with E-state index >= 15 is 0 Å². The molecule has 0 atom stereocenters. The van der Waals surface area contributed by atoms with E-state index in [1.807, 2.05) is 24.3 Å². The Morgan fingerprint density at radius 2 is 2.07 bits per heavy atom. The average Bonchev–Trinajstić information content (AvgIpc) is 2.22. The third-order valence-electron chi connectivity index (χ3n) is 1.87. The van der Waals surface area contributed by atoms with Crippen molar-refractivity contribution in [2.24, 2.45) is 0 Å². The van der Waals surface area contributed by atoms with Crippen LogP contribution in [0.25, 0.3) is 0 Å².